The van der Waals surface area contributed by atoms with Gasteiger partial charge in [-0.25, -0.2) is 0 Å². The lowest BCUT2D eigenvalue weighted by molar-refractivity contribution is -0.112. The van der Waals surface area contributed by atoms with Crippen molar-refractivity contribution in [3.8, 4) is 0 Å². The minimum Gasteiger partial charge on any atom is -0.295 e. The Hall–Kier alpha value is -1.44. The third-order valence-electron chi connectivity index (χ3n) is 1.73. The molecule has 1 aromatic rings. The van der Waals surface area contributed by atoms with Crippen LogP contribution in [0.5, 0.6) is 0 Å². The first-order valence-corrected chi connectivity index (χ1v) is 4.21. The van der Waals surface area contributed by atoms with Gasteiger partial charge in [-0.1, -0.05) is 6.07 Å². The van der Waals surface area contributed by atoms with Gasteiger partial charge in [-0.3, -0.25) is 9.78 Å². The molecule has 0 atom stereocenters. The van der Waals surface area contributed by atoms with E-state index in [-0.39, 0.29) is 5.78 Å². The second kappa shape index (κ2) is 3.99. The van der Waals surface area contributed by atoms with E-state index < -0.39 is 0 Å². The number of allylic oxidation sites excluding steroid dienone is 1. The number of hydrogen-bond acceptors (Lipinski definition) is 2. The Balaban J connectivity index is 2.96. The number of carbonyl (C=O) groups is 1. The average Bonchev–Trinajstić information content (AvgIpc) is 2.02. The number of pyridine rings is 1. The summed E-state index contributed by atoms with van der Waals surface area (Å²) >= 11 is 0. The van der Waals surface area contributed by atoms with Gasteiger partial charge >= 0.3 is 0 Å². The van der Waals surface area contributed by atoms with E-state index in [1.807, 2.05) is 19.9 Å². The molecule has 2 heteroatoms. The lowest BCUT2D eigenvalue weighted by Crippen LogP contribution is -1.89. The number of hydrogen-bond donors (Lipinski definition) is 0. The number of aromatic nitrogens is 1. The minimum absolute atomic E-state index is 0.0433. The van der Waals surface area contributed by atoms with E-state index in [1.54, 1.807) is 12.3 Å². The summed E-state index contributed by atoms with van der Waals surface area (Å²) in [6, 6.07) is 2.05. The maximum atomic E-state index is 10.7. The molecule has 0 bridgehead atoms. The zero-order chi connectivity index (χ0) is 9.84. The average molecular weight is 175 g/mol. The van der Waals surface area contributed by atoms with Crippen molar-refractivity contribution in [2.75, 3.05) is 0 Å². The highest BCUT2D eigenvalue weighted by Gasteiger charge is 1.95. The molecule has 2 nitrogen and oxygen atoms in total. The highest BCUT2D eigenvalue weighted by atomic mass is 16.1. The molecule has 0 saturated carbocycles. The van der Waals surface area contributed by atoms with Gasteiger partial charge in [-0.15, -0.1) is 0 Å². The summed E-state index contributed by atoms with van der Waals surface area (Å²) in [6.07, 6.45) is 5.08. The summed E-state index contributed by atoms with van der Waals surface area (Å²) in [6.45, 7) is 5.51. The van der Waals surface area contributed by atoms with Crippen molar-refractivity contribution in [1.29, 1.82) is 0 Å². The molecular weight excluding hydrogens is 162 g/mol. The molecule has 0 saturated heterocycles. The fourth-order valence-corrected chi connectivity index (χ4v) is 1.10. The summed E-state index contributed by atoms with van der Waals surface area (Å²) in [5, 5.41) is 0. The molecule has 68 valence electrons. The monoisotopic (exact) mass is 175 g/mol. The van der Waals surface area contributed by atoms with Gasteiger partial charge in [-0.2, -0.15) is 0 Å². The molecule has 0 aromatic carbocycles. The number of rotatable bonds is 2. The highest BCUT2D eigenvalue weighted by molar-refractivity contribution is 5.91. The van der Waals surface area contributed by atoms with Gasteiger partial charge < -0.3 is 0 Å². The lowest BCUT2D eigenvalue weighted by Gasteiger charge is -1.99. The first-order chi connectivity index (χ1) is 6.09. The predicted octanol–water partition coefficient (Wildman–Crippen LogP) is 2.30. The van der Waals surface area contributed by atoms with Gasteiger partial charge in [0.15, 0.2) is 5.78 Å². The van der Waals surface area contributed by atoms with Crippen LogP contribution in [0.3, 0.4) is 0 Å². The highest BCUT2D eigenvalue weighted by Crippen LogP contribution is 2.08. The van der Waals surface area contributed by atoms with Gasteiger partial charge in [0.1, 0.15) is 0 Å². The smallest absolute Gasteiger partial charge is 0.152 e. The third-order valence-corrected chi connectivity index (χ3v) is 1.73. The summed E-state index contributed by atoms with van der Waals surface area (Å²) in [7, 11) is 0. The number of nitrogens with zero attached hydrogens (tertiary/aromatic N) is 1. The molecular formula is C11H13NO. The summed E-state index contributed by atoms with van der Waals surface area (Å²) < 4.78 is 0. The molecule has 0 aliphatic rings. The van der Waals surface area contributed by atoms with Crippen LogP contribution in [-0.2, 0) is 4.79 Å². The lowest BCUT2D eigenvalue weighted by atomic mass is 10.1. The molecule has 0 radical (unpaired) electrons. The SMILES string of the molecule is CC(=O)/C=C/c1ncc(C)cc1C. The van der Waals surface area contributed by atoms with E-state index >= 15 is 0 Å². The molecule has 13 heavy (non-hydrogen) atoms. The molecule has 0 amide bonds. The van der Waals surface area contributed by atoms with Crippen molar-refractivity contribution in [3.05, 3.63) is 35.2 Å². The van der Waals surface area contributed by atoms with Gasteiger partial charge in [0, 0.05) is 6.20 Å². The number of ketones is 1. The van der Waals surface area contributed by atoms with Crippen LogP contribution < -0.4 is 0 Å². The molecule has 0 N–H and O–H groups in total. The maximum Gasteiger partial charge on any atom is 0.152 e. The van der Waals surface area contributed by atoms with Gasteiger partial charge in [0.25, 0.3) is 0 Å². The van der Waals surface area contributed by atoms with Crippen molar-refractivity contribution in [2.24, 2.45) is 0 Å². The molecule has 0 aliphatic carbocycles. The topological polar surface area (TPSA) is 30.0 Å². The number of aryl methyl sites for hydroxylation is 2. The van der Waals surface area contributed by atoms with Crippen LogP contribution in [0, 0.1) is 13.8 Å². The summed E-state index contributed by atoms with van der Waals surface area (Å²) in [5.74, 6) is 0.0433. The second-order valence-electron chi connectivity index (χ2n) is 3.16. The van der Waals surface area contributed by atoms with E-state index in [1.165, 1.54) is 13.0 Å². The molecule has 1 heterocycles. The van der Waals surface area contributed by atoms with Crippen LogP contribution in [0.4, 0.5) is 0 Å². The van der Waals surface area contributed by atoms with Crippen LogP contribution in [-0.4, -0.2) is 10.8 Å². The Bertz CT molecular complexity index is 353. The Morgan fingerprint density at radius 2 is 2.15 bits per heavy atom. The van der Waals surface area contributed by atoms with E-state index in [0.717, 1.165) is 16.8 Å². The Morgan fingerprint density at radius 3 is 2.69 bits per heavy atom. The summed E-state index contributed by atoms with van der Waals surface area (Å²) in [5.41, 5.74) is 3.09. The predicted molar refractivity (Wildman–Crippen MR) is 53.4 cm³/mol. The Labute approximate surface area is 78.3 Å². The van der Waals surface area contributed by atoms with Crippen molar-refractivity contribution in [3.63, 3.8) is 0 Å². The molecule has 1 aromatic heterocycles. The number of carbonyl (C=O) groups excluding carboxylic acids is 1. The fourth-order valence-electron chi connectivity index (χ4n) is 1.10. The molecule has 0 aliphatic heterocycles. The van der Waals surface area contributed by atoms with Gasteiger partial charge in [0.2, 0.25) is 0 Å². The normalized spacial score (nSPS) is 10.7. The van der Waals surface area contributed by atoms with Crippen LogP contribution >= 0.6 is 0 Å². The zero-order valence-electron chi connectivity index (χ0n) is 8.16. The molecule has 1 rings (SSSR count). The summed E-state index contributed by atoms with van der Waals surface area (Å²) in [4.78, 5) is 14.9. The van der Waals surface area contributed by atoms with Crippen LogP contribution in [0.15, 0.2) is 18.3 Å². The first-order valence-electron chi connectivity index (χ1n) is 4.21. The van der Waals surface area contributed by atoms with Gasteiger partial charge in [-0.05, 0) is 44.1 Å². The fraction of sp³-hybridized carbons (Fsp3) is 0.273. The van der Waals surface area contributed by atoms with E-state index in [4.69, 9.17) is 0 Å². The largest absolute Gasteiger partial charge is 0.295 e. The molecule has 0 spiro atoms. The van der Waals surface area contributed by atoms with Crippen molar-refractivity contribution >= 4 is 11.9 Å². The Morgan fingerprint density at radius 1 is 1.46 bits per heavy atom. The molecule has 0 fully saturated rings. The van der Waals surface area contributed by atoms with Crippen LogP contribution in [0.2, 0.25) is 0 Å². The first kappa shape index (κ1) is 9.65. The van der Waals surface area contributed by atoms with Gasteiger partial charge in [0.05, 0.1) is 5.69 Å². The standard InChI is InChI=1S/C11H13NO/c1-8-6-9(2)11(12-7-8)5-4-10(3)13/h4-7H,1-3H3/b5-4+. The van der Waals surface area contributed by atoms with Crippen LogP contribution in [0.25, 0.3) is 6.08 Å². The minimum atomic E-state index is 0.0433. The molecule has 0 unspecified atom stereocenters. The van der Waals surface area contributed by atoms with E-state index in [0.29, 0.717) is 0 Å². The van der Waals surface area contributed by atoms with Crippen LogP contribution in [0.1, 0.15) is 23.7 Å². The second-order valence-corrected chi connectivity index (χ2v) is 3.16. The Kier molecular flexibility index (Phi) is 2.96. The van der Waals surface area contributed by atoms with E-state index in [9.17, 15) is 4.79 Å². The van der Waals surface area contributed by atoms with Crippen molar-refractivity contribution in [1.82, 2.24) is 4.98 Å². The third kappa shape index (κ3) is 2.82. The van der Waals surface area contributed by atoms with Crippen molar-refractivity contribution < 1.29 is 4.79 Å². The quantitative estimate of drug-likeness (QED) is 0.645. The zero-order valence-corrected chi connectivity index (χ0v) is 8.16. The maximum absolute atomic E-state index is 10.7. The van der Waals surface area contributed by atoms with Crippen molar-refractivity contribution in [2.45, 2.75) is 20.8 Å². The van der Waals surface area contributed by atoms with E-state index in [2.05, 4.69) is 4.98 Å².